The fourth-order valence-corrected chi connectivity index (χ4v) is 4.45. The zero-order valence-electron chi connectivity index (χ0n) is 10.8. The van der Waals surface area contributed by atoms with Gasteiger partial charge in [0.2, 0.25) is 0 Å². The average molecular weight is 238 g/mol. The van der Waals surface area contributed by atoms with Gasteiger partial charge in [-0.05, 0) is 56.1 Å². The number of hydrogen-bond donors (Lipinski definition) is 0. The second kappa shape index (κ2) is 3.34. The van der Waals surface area contributed by atoms with Crippen molar-refractivity contribution >= 4 is 5.78 Å². The molecule has 2 bridgehead atoms. The Balaban J connectivity index is 1.86. The summed E-state index contributed by atoms with van der Waals surface area (Å²) in [7, 11) is 0. The van der Waals surface area contributed by atoms with Crippen molar-refractivity contribution in [1.29, 1.82) is 0 Å². The summed E-state index contributed by atoms with van der Waals surface area (Å²) in [5.74, 6) is 1.06. The summed E-state index contributed by atoms with van der Waals surface area (Å²) in [6.07, 6.45) is 7.91. The van der Waals surface area contributed by atoms with Crippen LogP contribution < -0.4 is 0 Å². The molecule has 0 radical (unpaired) electrons. The fourth-order valence-electron chi connectivity index (χ4n) is 4.45. The predicted octanol–water partition coefficient (Wildman–Crippen LogP) is 3.85. The second-order valence-corrected chi connectivity index (χ2v) is 6.27. The summed E-state index contributed by atoms with van der Waals surface area (Å²) < 4.78 is 0. The van der Waals surface area contributed by atoms with Crippen molar-refractivity contribution in [2.75, 3.05) is 0 Å². The zero-order chi connectivity index (χ0) is 12.3. The van der Waals surface area contributed by atoms with Crippen LogP contribution in [0.5, 0.6) is 0 Å². The molecule has 2 atom stereocenters. The summed E-state index contributed by atoms with van der Waals surface area (Å²) in [5, 5.41) is 0. The molecule has 1 saturated carbocycles. The Bertz CT molecular complexity index is 581. The highest BCUT2D eigenvalue weighted by Crippen LogP contribution is 2.58. The highest BCUT2D eigenvalue weighted by atomic mass is 16.1. The molecule has 92 valence electrons. The maximum absolute atomic E-state index is 13.0. The molecule has 0 N–H and O–H groups in total. The number of aryl methyl sites for hydroxylation is 2. The molecule has 1 fully saturated rings. The summed E-state index contributed by atoms with van der Waals surface area (Å²) in [5.41, 5.74) is 5.03. The zero-order valence-corrected chi connectivity index (χ0v) is 10.8. The number of allylic oxidation sites excluding steroid dienone is 2. The van der Waals surface area contributed by atoms with E-state index in [2.05, 4.69) is 31.2 Å². The number of rotatable bonds is 0. The molecule has 4 rings (SSSR count). The monoisotopic (exact) mass is 238 g/mol. The van der Waals surface area contributed by atoms with Crippen LogP contribution >= 0.6 is 0 Å². The first-order chi connectivity index (χ1) is 8.71. The van der Waals surface area contributed by atoms with Crippen molar-refractivity contribution in [3.05, 3.63) is 46.5 Å². The number of carbonyl (C=O) groups excluding carboxylic acids is 1. The third-order valence-corrected chi connectivity index (χ3v) is 5.40. The Morgan fingerprint density at radius 2 is 2.22 bits per heavy atom. The molecule has 1 aromatic rings. The quantitative estimate of drug-likeness (QED) is 0.627. The number of ketones is 1. The Labute approximate surface area is 108 Å². The molecule has 0 amide bonds. The first kappa shape index (κ1) is 10.5. The van der Waals surface area contributed by atoms with E-state index in [1.807, 2.05) is 0 Å². The predicted molar refractivity (Wildman–Crippen MR) is 71.7 cm³/mol. The lowest BCUT2D eigenvalue weighted by Gasteiger charge is -2.39. The molecule has 2 unspecified atom stereocenters. The minimum atomic E-state index is -0.0246. The summed E-state index contributed by atoms with van der Waals surface area (Å²) in [4.78, 5) is 13.0. The highest BCUT2D eigenvalue weighted by molar-refractivity contribution is 6.04. The largest absolute Gasteiger partial charge is 0.294 e. The molecule has 1 nitrogen and oxygen atoms in total. The van der Waals surface area contributed by atoms with E-state index in [9.17, 15) is 4.79 Å². The molecule has 1 spiro atoms. The number of carbonyl (C=O) groups is 1. The Morgan fingerprint density at radius 1 is 1.33 bits per heavy atom. The van der Waals surface area contributed by atoms with Crippen molar-refractivity contribution in [2.45, 2.75) is 39.0 Å². The normalized spacial score (nSPS) is 32.8. The van der Waals surface area contributed by atoms with Gasteiger partial charge in [0.15, 0.2) is 5.78 Å². The van der Waals surface area contributed by atoms with Gasteiger partial charge in [0.1, 0.15) is 0 Å². The van der Waals surface area contributed by atoms with Gasteiger partial charge in [0.05, 0.1) is 0 Å². The Kier molecular flexibility index (Phi) is 1.96. The van der Waals surface area contributed by atoms with Gasteiger partial charge >= 0.3 is 0 Å². The Hall–Kier alpha value is -1.37. The van der Waals surface area contributed by atoms with Crippen molar-refractivity contribution in [2.24, 2.45) is 11.3 Å². The minimum absolute atomic E-state index is 0.0246. The molecule has 1 heteroatoms. The maximum atomic E-state index is 13.0. The fraction of sp³-hybridized carbons (Fsp3) is 0.471. The summed E-state index contributed by atoms with van der Waals surface area (Å²) in [6.45, 7) is 2.09. The smallest absolute Gasteiger partial charge is 0.170 e. The van der Waals surface area contributed by atoms with Gasteiger partial charge < -0.3 is 0 Å². The van der Waals surface area contributed by atoms with Crippen molar-refractivity contribution in [3.63, 3.8) is 0 Å². The minimum Gasteiger partial charge on any atom is -0.294 e. The molecule has 0 saturated heterocycles. The summed E-state index contributed by atoms with van der Waals surface area (Å²) in [6, 6.07) is 6.31. The molecule has 1 aromatic carbocycles. The molecular formula is C17H18O. The van der Waals surface area contributed by atoms with E-state index in [4.69, 9.17) is 0 Å². The molecule has 0 heterocycles. The third-order valence-electron chi connectivity index (χ3n) is 5.40. The molecular weight excluding hydrogens is 220 g/mol. The lowest BCUT2D eigenvalue weighted by atomic mass is 9.62. The van der Waals surface area contributed by atoms with E-state index in [0.29, 0.717) is 11.7 Å². The van der Waals surface area contributed by atoms with Gasteiger partial charge in [-0.2, -0.15) is 0 Å². The van der Waals surface area contributed by atoms with Gasteiger partial charge in [-0.3, -0.25) is 4.79 Å². The van der Waals surface area contributed by atoms with E-state index in [-0.39, 0.29) is 5.41 Å². The van der Waals surface area contributed by atoms with Crippen molar-refractivity contribution in [3.8, 4) is 0 Å². The second-order valence-electron chi connectivity index (χ2n) is 6.27. The lowest BCUT2D eigenvalue weighted by molar-refractivity contribution is 0.0670. The first-order valence-corrected chi connectivity index (χ1v) is 7.02. The van der Waals surface area contributed by atoms with Crippen LogP contribution in [0.2, 0.25) is 0 Å². The number of fused-ring (bicyclic) bond motifs is 4. The van der Waals surface area contributed by atoms with Crippen LogP contribution in [0.3, 0.4) is 0 Å². The van der Waals surface area contributed by atoms with Crippen LogP contribution in [0.1, 0.15) is 47.2 Å². The van der Waals surface area contributed by atoms with Crippen LogP contribution in [0.15, 0.2) is 29.8 Å². The number of Topliss-reactive ketones (excluding diaryl/α,β-unsaturated/α-hetero) is 1. The molecule has 3 aliphatic rings. The van der Waals surface area contributed by atoms with Gasteiger partial charge in [-0.1, -0.05) is 29.8 Å². The van der Waals surface area contributed by atoms with E-state index in [1.165, 1.54) is 17.5 Å². The van der Waals surface area contributed by atoms with E-state index in [1.54, 1.807) is 5.57 Å². The van der Waals surface area contributed by atoms with E-state index < -0.39 is 0 Å². The molecule has 0 aliphatic heterocycles. The maximum Gasteiger partial charge on any atom is 0.170 e. The van der Waals surface area contributed by atoms with Crippen LogP contribution in [0.4, 0.5) is 0 Å². The van der Waals surface area contributed by atoms with Crippen LogP contribution in [-0.4, -0.2) is 5.78 Å². The van der Waals surface area contributed by atoms with Gasteiger partial charge in [-0.15, -0.1) is 0 Å². The van der Waals surface area contributed by atoms with Crippen LogP contribution in [0, 0.1) is 18.3 Å². The lowest BCUT2D eigenvalue weighted by Crippen LogP contribution is -2.40. The van der Waals surface area contributed by atoms with Gasteiger partial charge in [0.25, 0.3) is 0 Å². The molecule has 18 heavy (non-hydrogen) atoms. The SMILES string of the molecule is Cc1cccc2c1C(=O)C1(CC2)CC2=CCC1C2. The topological polar surface area (TPSA) is 17.1 Å². The number of benzene rings is 1. The first-order valence-electron chi connectivity index (χ1n) is 7.02. The van der Waals surface area contributed by atoms with Crippen molar-refractivity contribution < 1.29 is 4.79 Å². The number of hydrogen-bond acceptors (Lipinski definition) is 1. The molecule has 0 aromatic heterocycles. The van der Waals surface area contributed by atoms with Crippen molar-refractivity contribution in [1.82, 2.24) is 0 Å². The standard InChI is InChI=1S/C17H18O/c1-11-3-2-4-13-7-8-17(16(18)15(11)13)10-12-5-6-14(17)9-12/h2-5,14H,6-10H2,1H3. The van der Waals surface area contributed by atoms with Gasteiger partial charge in [0, 0.05) is 11.0 Å². The van der Waals surface area contributed by atoms with Gasteiger partial charge in [-0.25, -0.2) is 0 Å². The van der Waals surface area contributed by atoms with E-state index >= 15 is 0 Å². The van der Waals surface area contributed by atoms with Crippen LogP contribution in [0.25, 0.3) is 0 Å². The Morgan fingerprint density at radius 3 is 2.94 bits per heavy atom. The molecule has 3 aliphatic carbocycles. The highest BCUT2D eigenvalue weighted by Gasteiger charge is 2.53. The summed E-state index contributed by atoms with van der Waals surface area (Å²) >= 11 is 0. The average Bonchev–Trinajstić information content (AvgIpc) is 2.95. The third kappa shape index (κ3) is 1.15. The van der Waals surface area contributed by atoms with Crippen LogP contribution in [-0.2, 0) is 6.42 Å². The van der Waals surface area contributed by atoms with E-state index in [0.717, 1.165) is 31.2 Å².